The van der Waals surface area contributed by atoms with Gasteiger partial charge in [-0.3, -0.25) is 0 Å². The highest BCUT2D eigenvalue weighted by Crippen LogP contribution is 2.30. The van der Waals surface area contributed by atoms with E-state index in [0.29, 0.717) is 5.88 Å². The molecule has 2 aromatic rings. The van der Waals surface area contributed by atoms with Crippen LogP contribution in [0.1, 0.15) is 43.9 Å². The highest BCUT2D eigenvalue weighted by molar-refractivity contribution is 6.17. The summed E-state index contributed by atoms with van der Waals surface area (Å²) in [6.07, 6.45) is 1.12. The summed E-state index contributed by atoms with van der Waals surface area (Å²) in [4.78, 5) is 0. The standard InChI is InChI=1S/C19H23ClO/c1-5-19(3,4)16-7-10-17(11-8-16)21-18-9-6-15(13-20)14(2)12-18/h6-12H,5,13H2,1-4H3. The molecule has 0 atom stereocenters. The summed E-state index contributed by atoms with van der Waals surface area (Å²) in [5.41, 5.74) is 3.85. The second-order valence-electron chi connectivity index (χ2n) is 6.09. The zero-order valence-corrected chi connectivity index (χ0v) is 14.0. The van der Waals surface area contributed by atoms with Crippen molar-refractivity contribution in [2.24, 2.45) is 0 Å². The predicted octanol–water partition coefficient (Wildman–Crippen LogP) is 6.21. The number of halogens is 1. The molecule has 0 saturated carbocycles. The molecule has 112 valence electrons. The van der Waals surface area contributed by atoms with Crippen molar-refractivity contribution in [3.8, 4) is 11.5 Å². The monoisotopic (exact) mass is 302 g/mol. The fourth-order valence-electron chi connectivity index (χ4n) is 2.20. The van der Waals surface area contributed by atoms with Crippen molar-refractivity contribution in [2.45, 2.75) is 45.4 Å². The average Bonchev–Trinajstić information content (AvgIpc) is 2.48. The number of hydrogen-bond acceptors (Lipinski definition) is 1. The van der Waals surface area contributed by atoms with Gasteiger partial charge in [0.2, 0.25) is 0 Å². The lowest BCUT2D eigenvalue weighted by Crippen LogP contribution is -2.14. The molecule has 1 nitrogen and oxygen atoms in total. The van der Waals surface area contributed by atoms with E-state index in [1.165, 1.54) is 5.56 Å². The topological polar surface area (TPSA) is 9.23 Å². The fraction of sp³-hybridized carbons (Fsp3) is 0.368. The average molecular weight is 303 g/mol. The summed E-state index contributed by atoms with van der Waals surface area (Å²) >= 11 is 5.88. The first kappa shape index (κ1) is 15.9. The van der Waals surface area contributed by atoms with Crippen LogP contribution < -0.4 is 4.74 Å². The van der Waals surface area contributed by atoms with E-state index in [9.17, 15) is 0 Å². The highest BCUT2D eigenvalue weighted by Gasteiger charge is 2.17. The van der Waals surface area contributed by atoms with E-state index in [-0.39, 0.29) is 5.41 Å². The molecule has 0 fully saturated rings. The Morgan fingerprint density at radius 3 is 2.14 bits per heavy atom. The van der Waals surface area contributed by atoms with Gasteiger partial charge in [0.25, 0.3) is 0 Å². The van der Waals surface area contributed by atoms with Gasteiger partial charge < -0.3 is 4.74 Å². The molecule has 0 heterocycles. The molecule has 0 bridgehead atoms. The van der Waals surface area contributed by atoms with Gasteiger partial charge in [-0.15, -0.1) is 11.6 Å². The van der Waals surface area contributed by atoms with Crippen molar-refractivity contribution in [2.75, 3.05) is 0 Å². The molecule has 0 aliphatic carbocycles. The summed E-state index contributed by atoms with van der Waals surface area (Å²) in [6.45, 7) is 8.79. The van der Waals surface area contributed by atoms with E-state index in [4.69, 9.17) is 16.3 Å². The molecule has 2 heteroatoms. The lowest BCUT2D eigenvalue weighted by Gasteiger charge is -2.23. The van der Waals surface area contributed by atoms with Crippen LogP contribution >= 0.6 is 11.6 Å². The van der Waals surface area contributed by atoms with Crippen LogP contribution in [0.25, 0.3) is 0 Å². The summed E-state index contributed by atoms with van der Waals surface area (Å²) in [6, 6.07) is 14.4. The van der Waals surface area contributed by atoms with Crippen molar-refractivity contribution >= 4 is 11.6 Å². The van der Waals surface area contributed by atoms with Crippen molar-refractivity contribution in [3.63, 3.8) is 0 Å². The first-order valence-corrected chi connectivity index (χ1v) is 7.93. The van der Waals surface area contributed by atoms with Crippen LogP contribution in [0.2, 0.25) is 0 Å². The molecule has 0 N–H and O–H groups in total. The van der Waals surface area contributed by atoms with E-state index >= 15 is 0 Å². The number of alkyl halides is 1. The molecule has 0 saturated heterocycles. The van der Waals surface area contributed by atoms with Gasteiger partial charge in [-0.25, -0.2) is 0 Å². The number of aryl methyl sites for hydroxylation is 1. The maximum absolute atomic E-state index is 5.92. The van der Waals surface area contributed by atoms with E-state index in [2.05, 4.69) is 39.8 Å². The van der Waals surface area contributed by atoms with Gasteiger partial charge in [-0.1, -0.05) is 39.0 Å². The summed E-state index contributed by atoms with van der Waals surface area (Å²) in [5.74, 6) is 2.25. The minimum Gasteiger partial charge on any atom is -0.457 e. The predicted molar refractivity (Wildman–Crippen MR) is 90.6 cm³/mol. The van der Waals surface area contributed by atoms with Crippen molar-refractivity contribution < 1.29 is 4.74 Å². The van der Waals surface area contributed by atoms with E-state index in [1.54, 1.807) is 0 Å². The lowest BCUT2D eigenvalue weighted by molar-refractivity contribution is 0.477. The zero-order chi connectivity index (χ0) is 15.5. The molecule has 0 aliphatic rings. The largest absolute Gasteiger partial charge is 0.457 e. The van der Waals surface area contributed by atoms with Gasteiger partial charge in [0, 0.05) is 5.88 Å². The lowest BCUT2D eigenvalue weighted by atomic mass is 9.82. The van der Waals surface area contributed by atoms with E-state index in [1.807, 2.05) is 30.3 Å². The number of rotatable bonds is 5. The molecule has 21 heavy (non-hydrogen) atoms. The quantitative estimate of drug-likeness (QED) is 0.596. The van der Waals surface area contributed by atoms with Crippen LogP contribution in [0, 0.1) is 6.92 Å². The Morgan fingerprint density at radius 2 is 1.62 bits per heavy atom. The van der Waals surface area contributed by atoms with Crippen molar-refractivity contribution in [1.29, 1.82) is 0 Å². The summed E-state index contributed by atoms with van der Waals surface area (Å²) in [5, 5.41) is 0. The second kappa shape index (κ2) is 6.53. The number of hydrogen-bond donors (Lipinski definition) is 0. The Kier molecular flexibility index (Phi) is 4.95. The van der Waals surface area contributed by atoms with Crippen LogP contribution in [0.5, 0.6) is 11.5 Å². The van der Waals surface area contributed by atoms with Crippen molar-refractivity contribution in [3.05, 3.63) is 59.2 Å². The summed E-state index contributed by atoms with van der Waals surface area (Å²) < 4.78 is 5.92. The molecule has 0 amide bonds. The van der Waals surface area contributed by atoms with Gasteiger partial charge in [0.05, 0.1) is 0 Å². The fourth-order valence-corrected chi connectivity index (χ4v) is 2.50. The van der Waals surface area contributed by atoms with Crippen LogP contribution in [-0.4, -0.2) is 0 Å². The third-order valence-corrected chi connectivity index (χ3v) is 4.50. The summed E-state index contributed by atoms with van der Waals surface area (Å²) in [7, 11) is 0. The smallest absolute Gasteiger partial charge is 0.127 e. The third-order valence-electron chi connectivity index (χ3n) is 4.21. The highest BCUT2D eigenvalue weighted by atomic mass is 35.5. The van der Waals surface area contributed by atoms with Crippen molar-refractivity contribution in [1.82, 2.24) is 0 Å². The van der Waals surface area contributed by atoms with Crippen LogP contribution in [0.3, 0.4) is 0 Å². The molecular weight excluding hydrogens is 280 g/mol. The maximum Gasteiger partial charge on any atom is 0.127 e. The molecule has 2 rings (SSSR count). The number of benzene rings is 2. The third kappa shape index (κ3) is 3.79. The van der Waals surface area contributed by atoms with E-state index in [0.717, 1.165) is 29.0 Å². The first-order chi connectivity index (χ1) is 9.96. The van der Waals surface area contributed by atoms with Crippen LogP contribution in [0.15, 0.2) is 42.5 Å². The SMILES string of the molecule is CCC(C)(C)c1ccc(Oc2ccc(CCl)c(C)c2)cc1. The normalized spacial score (nSPS) is 11.5. The Morgan fingerprint density at radius 1 is 1.00 bits per heavy atom. The Bertz CT molecular complexity index is 599. The van der Waals surface area contributed by atoms with Crippen LogP contribution in [-0.2, 0) is 11.3 Å². The molecule has 0 spiro atoms. The van der Waals surface area contributed by atoms with Gasteiger partial charge in [0.15, 0.2) is 0 Å². The molecule has 0 aliphatic heterocycles. The Hall–Kier alpha value is -1.47. The molecule has 0 radical (unpaired) electrons. The van der Waals surface area contributed by atoms with Gasteiger partial charge in [0.1, 0.15) is 11.5 Å². The molecule has 0 unspecified atom stereocenters. The number of ether oxygens (including phenoxy) is 1. The maximum atomic E-state index is 5.92. The molecule has 2 aromatic carbocycles. The Balaban J connectivity index is 2.15. The van der Waals surface area contributed by atoms with E-state index < -0.39 is 0 Å². The minimum absolute atomic E-state index is 0.205. The molecular formula is C19H23ClO. The van der Waals surface area contributed by atoms with Gasteiger partial charge in [-0.05, 0) is 59.7 Å². The Labute approximate surface area is 132 Å². The first-order valence-electron chi connectivity index (χ1n) is 7.40. The van der Waals surface area contributed by atoms with Crippen LogP contribution in [0.4, 0.5) is 0 Å². The van der Waals surface area contributed by atoms with Gasteiger partial charge in [-0.2, -0.15) is 0 Å². The molecule has 0 aromatic heterocycles. The van der Waals surface area contributed by atoms with Gasteiger partial charge >= 0.3 is 0 Å². The minimum atomic E-state index is 0.205. The second-order valence-corrected chi connectivity index (χ2v) is 6.35. The zero-order valence-electron chi connectivity index (χ0n) is 13.2.